The fourth-order valence-electron chi connectivity index (χ4n) is 2.12. The first-order valence-corrected chi connectivity index (χ1v) is 6.82. The number of hydrogen-bond acceptors (Lipinski definition) is 3. The molecule has 17 heavy (non-hydrogen) atoms. The second kappa shape index (κ2) is 7.46. The molecule has 0 atom stereocenters. The van der Waals surface area contributed by atoms with E-state index in [4.69, 9.17) is 4.74 Å². The summed E-state index contributed by atoms with van der Waals surface area (Å²) < 4.78 is 5.38. The van der Waals surface area contributed by atoms with Crippen LogP contribution in [0.2, 0.25) is 0 Å². The Hall–Kier alpha value is -0.860. The topological polar surface area (TPSA) is 43.4 Å². The maximum atomic E-state index is 11.5. The highest BCUT2D eigenvalue weighted by molar-refractivity contribution is 5.80. The Morgan fingerprint density at radius 2 is 1.76 bits per heavy atom. The molecular formula is C14H24O3. The number of ether oxygens (including phenoxy) is 1. The number of esters is 1. The van der Waals surface area contributed by atoms with Crippen molar-refractivity contribution in [2.45, 2.75) is 71.3 Å². The van der Waals surface area contributed by atoms with Crippen LogP contribution in [0.3, 0.4) is 0 Å². The van der Waals surface area contributed by atoms with Crippen LogP contribution in [-0.4, -0.2) is 17.9 Å². The zero-order valence-electron chi connectivity index (χ0n) is 11.0. The predicted molar refractivity (Wildman–Crippen MR) is 66.7 cm³/mol. The zero-order chi connectivity index (χ0) is 12.7. The van der Waals surface area contributed by atoms with E-state index in [1.807, 2.05) is 13.8 Å². The normalized spacial score (nSPS) is 17.1. The van der Waals surface area contributed by atoms with Crippen LogP contribution >= 0.6 is 0 Å². The molecule has 0 aromatic rings. The van der Waals surface area contributed by atoms with Gasteiger partial charge in [-0.05, 0) is 32.1 Å². The average molecular weight is 240 g/mol. The smallest absolute Gasteiger partial charge is 0.306 e. The maximum Gasteiger partial charge on any atom is 0.306 e. The van der Waals surface area contributed by atoms with E-state index in [1.165, 1.54) is 19.3 Å². The second-order valence-corrected chi connectivity index (χ2v) is 5.22. The molecule has 0 unspecified atom stereocenters. The first-order chi connectivity index (χ1) is 8.09. The Balaban J connectivity index is 2.10. The van der Waals surface area contributed by atoms with Crippen molar-refractivity contribution in [2.75, 3.05) is 0 Å². The largest absolute Gasteiger partial charge is 0.462 e. The molecule has 3 nitrogen and oxygen atoms in total. The molecular weight excluding hydrogens is 216 g/mol. The minimum Gasteiger partial charge on any atom is -0.462 e. The number of carbonyl (C=O) groups excluding carboxylic acids is 2. The summed E-state index contributed by atoms with van der Waals surface area (Å²) in [6.45, 7) is 3.78. The molecule has 0 bridgehead atoms. The third kappa shape index (κ3) is 5.85. The van der Waals surface area contributed by atoms with Crippen LogP contribution in [0.15, 0.2) is 0 Å². The van der Waals surface area contributed by atoms with E-state index >= 15 is 0 Å². The SMILES string of the molecule is CC(C)C(=O)CCCC(=O)OC1CCCCC1. The summed E-state index contributed by atoms with van der Waals surface area (Å²) >= 11 is 0. The van der Waals surface area contributed by atoms with Crippen molar-refractivity contribution in [1.29, 1.82) is 0 Å². The number of hydrogen-bond donors (Lipinski definition) is 0. The van der Waals surface area contributed by atoms with Crippen LogP contribution in [0.4, 0.5) is 0 Å². The molecule has 1 aliphatic carbocycles. The Morgan fingerprint density at radius 1 is 1.12 bits per heavy atom. The third-order valence-electron chi connectivity index (χ3n) is 3.30. The first kappa shape index (κ1) is 14.2. The van der Waals surface area contributed by atoms with Crippen molar-refractivity contribution in [3.05, 3.63) is 0 Å². The molecule has 1 rings (SSSR count). The van der Waals surface area contributed by atoms with Crippen molar-refractivity contribution >= 4 is 11.8 Å². The second-order valence-electron chi connectivity index (χ2n) is 5.22. The van der Waals surface area contributed by atoms with E-state index < -0.39 is 0 Å². The van der Waals surface area contributed by atoms with Gasteiger partial charge in [0.1, 0.15) is 11.9 Å². The van der Waals surface area contributed by atoms with E-state index in [0.717, 1.165) is 12.8 Å². The quantitative estimate of drug-likeness (QED) is 0.669. The van der Waals surface area contributed by atoms with Gasteiger partial charge in [-0.1, -0.05) is 20.3 Å². The molecule has 0 aliphatic heterocycles. The van der Waals surface area contributed by atoms with Crippen LogP contribution in [0.5, 0.6) is 0 Å². The van der Waals surface area contributed by atoms with E-state index in [-0.39, 0.29) is 23.8 Å². The molecule has 98 valence electrons. The van der Waals surface area contributed by atoms with Crippen LogP contribution in [0.25, 0.3) is 0 Å². The minimum atomic E-state index is -0.131. The number of carbonyl (C=O) groups is 2. The van der Waals surface area contributed by atoms with Crippen LogP contribution < -0.4 is 0 Å². The Morgan fingerprint density at radius 3 is 2.35 bits per heavy atom. The van der Waals surface area contributed by atoms with Gasteiger partial charge in [0.2, 0.25) is 0 Å². The lowest BCUT2D eigenvalue weighted by molar-refractivity contribution is -0.150. The highest BCUT2D eigenvalue weighted by Gasteiger charge is 2.17. The molecule has 0 aromatic heterocycles. The maximum absolute atomic E-state index is 11.5. The van der Waals surface area contributed by atoms with Crippen molar-refractivity contribution in [2.24, 2.45) is 5.92 Å². The molecule has 0 saturated heterocycles. The molecule has 0 radical (unpaired) electrons. The highest BCUT2D eigenvalue weighted by atomic mass is 16.5. The Kier molecular flexibility index (Phi) is 6.23. The van der Waals surface area contributed by atoms with Gasteiger partial charge in [-0.15, -0.1) is 0 Å². The monoisotopic (exact) mass is 240 g/mol. The number of Topliss-reactive ketones (excluding diaryl/α,β-unsaturated/α-hetero) is 1. The summed E-state index contributed by atoms with van der Waals surface area (Å²) in [5.41, 5.74) is 0. The average Bonchev–Trinajstić information content (AvgIpc) is 2.30. The molecule has 0 heterocycles. The van der Waals surface area contributed by atoms with E-state index in [0.29, 0.717) is 19.3 Å². The molecule has 0 spiro atoms. The summed E-state index contributed by atoms with van der Waals surface area (Å²) in [6, 6.07) is 0. The summed E-state index contributed by atoms with van der Waals surface area (Å²) in [4.78, 5) is 22.9. The summed E-state index contributed by atoms with van der Waals surface area (Å²) in [6.07, 6.45) is 7.27. The summed E-state index contributed by atoms with van der Waals surface area (Å²) in [5, 5.41) is 0. The molecule has 1 aliphatic rings. The molecule has 1 fully saturated rings. The number of ketones is 1. The van der Waals surface area contributed by atoms with Gasteiger partial charge in [0.05, 0.1) is 0 Å². The standard InChI is InChI=1S/C14H24O3/c1-11(2)13(15)9-6-10-14(16)17-12-7-4-3-5-8-12/h11-12H,3-10H2,1-2H3. The van der Waals surface area contributed by atoms with Gasteiger partial charge in [-0.3, -0.25) is 9.59 Å². The number of rotatable bonds is 6. The van der Waals surface area contributed by atoms with E-state index in [2.05, 4.69) is 0 Å². The van der Waals surface area contributed by atoms with Crippen molar-refractivity contribution < 1.29 is 14.3 Å². The van der Waals surface area contributed by atoms with Gasteiger partial charge in [0.25, 0.3) is 0 Å². The van der Waals surface area contributed by atoms with Crippen LogP contribution in [0.1, 0.15) is 65.2 Å². The first-order valence-electron chi connectivity index (χ1n) is 6.82. The lowest BCUT2D eigenvalue weighted by atomic mass is 9.98. The Bertz CT molecular complexity index is 252. The fraction of sp³-hybridized carbons (Fsp3) is 0.857. The van der Waals surface area contributed by atoms with E-state index in [9.17, 15) is 9.59 Å². The molecule has 1 saturated carbocycles. The van der Waals surface area contributed by atoms with Gasteiger partial charge in [-0.2, -0.15) is 0 Å². The van der Waals surface area contributed by atoms with Crippen molar-refractivity contribution in [3.8, 4) is 0 Å². The minimum absolute atomic E-state index is 0.0735. The summed E-state index contributed by atoms with van der Waals surface area (Å²) in [5.74, 6) is 0.174. The Labute approximate surface area is 104 Å². The van der Waals surface area contributed by atoms with Crippen molar-refractivity contribution in [1.82, 2.24) is 0 Å². The lowest BCUT2D eigenvalue weighted by Gasteiger charge is -2.21. The van der Waals surface area contributed by atoms with Gasteiger partial charge >= 0.3 is 5.97 Å². The van der Waals surface area contributed by atoms with Gasteiger partial charge < -0.3 is 4.74 Å². The molecule has 3 heteroatoms. The van der Waals surface area contributed by atoms with Gasteiger partial charge in [0, 0.05) is 18.8 Å². The zero-order valence-corrected chi connectivity index (χ0v) is 11.0. The lowest BCUT2D eigenvalue weighted by Crippen LogP contribution is -2.20. The highest BCUT2D eigenvalue weighted by Crippen LogP contribution is 2.20. The fourth-order valence-corrected chi connectivity index (χ4v) is 2.12. The van der Waals surface area contributed by atoms with Gasteiger partial charge in [-0.25, -0.2) is 0 Å². The van der Waals surface area contributed by atoms with Gasteiger partial charge in [0.15, 0.2) is 0 Å². The molecule has 0 aromatic carbocycles. The van der Waals surface area contributed by atoms with Crippen LogP contribution in [-0.2, 0) is 14.3 Å². The van der Waals surface area contributed by atoms with Crippen molar-refractivity contribution in [3.63, 3.8) is 0 Å². The molecule has 0 N–H and O–H groups in total. The van der Waals surface area contributed by atoms with Crippen LogP contribution in [0, 0.1) is 5.92 Å². The third-order valence-corrected chi connectivity index (χ3v) is 3.30. The predicted octanol–water partition coefficient (Wildman–Crippen LogP) is 3.26. The summed E-state index contributed by atoms with van der Waals surface area (Å²) in [7, 11) is 0. The molecule has 0 amide bonds. The van der Waals surface area contributed by atoms with E-state index in [1.54, 1.807) is 0 Å².